The van der Waals surface area contributed by atoms with Crippen LogP contribution in [-0.4, -0.2) is 32.3 Å². The molecule has 2 rings (SSSR count). The van der Waals surface area contributed by atoms with Crippen LogP contribution in [0.5, 0.6) is 0 Å². The van der Waals surface area contributed by atoms with E-state index in [0.29, 0.717) is 0 Å². The van der Waals surface area contributed by atoms with Gasteiger partial charge in [0.1, 0.15) is 11.5 Å². The van der Waals surface area contributed by atoms with Crippen molar-refractivity contribution in [2.24, 2.45) is 0 Å². The molecule has 116 valence electrons. The molecule has 0 saturated carbocycles. The van der Waals surface area contributed by atoms with E-state index < -0.39 is 0 Å². The molecule has 0 fully saturated rings. The van der Waals surface area contributed by atoms with Gasteiger partial charge in [-0.25, -0.2) is 4.98 Å². The number of nitrogens with zero attached hydrogens (tertiary/aromatic N) is 2. The minimum absolute atomic E-state index is 0.725. The van der Waals surface area contributed by atoms with Gasteiger partial charge in [-0.2, -0.15) is 0 Å². The fraction of sp³-hybridized carbons (Fsp3) is 0.533. The van der Waals surface area contributed by atoms with Gasteiger partial charge in [0.15, 0.2) is 5.13 Å². The molecular weight excluding hydrogens is 286 g/mol. The Kier molecular flexibility index (Phi) is 5.78. The van der Waals surface area contributed by atoms with Gasteiger partial charge in [-0.3, -0.25) is 0 Å². The summed E-state index contributed by atoms with van der Waals surface area (Å²) in [6.45, 7) is 7.16. The lowest BCUT2D eigenvalue weighted by molar-refractivity contribution is 0.199. The van der Waals surface area contributed by atoms with Gasteiger partial charge in [0, 0.05) is 32.1 Å². The first-order valence-electron chi connectivity index (χ1n) is 7.02. The van der Waals surface area contributed by atoms with Crippen molar-refractivity contribution in [2.45, 2.75) is 26.9 Å². The predicted molar refractivity (Wildman–Crippen MR) is 86.0 cm³/mol. The lowest BCUT2D eigenvalue weighted by Gasteiger charge is -2.13. The molecular formula is C15H23N3O2S. The minimum atomic E-state index is 0.725. The average Bonchev–Trinajstić information content (AvgIpc) is 3.01. The van der Waals surface area contributed by atoms with E-state index in [4.69, 9.17) is 9.15 Å². The summed E-state index contributed by atoms with van der Waals surface area (Å²) in [6.07, 6.45) is 0. The molecule has 0 bridgehead atoms. The number of anilines is 1. The third-order valence-electron chi connectivity index (χ3n) is 3.17. The van der Waals surface area contributed by atoms with Crippen LogP contribution < -0.4 is 10.2 Å². The second kappa shape index (κ2) is 7.59. The molecule has 0 aliphatic rings. The zero-order chi connectivity index (χ0) is 15.2. The van der Waals surface area contributed by atoms with Crippen molar-refractivity contribution in [1.82, 2.24) is 10.3 Å². The SMILES string of the molecule is COCCNCc1sc(N(C)Cc2ccc(C)o2)nc1C. The van der Waals surface area contributed by atoms with Crippen molar-refractivity contribution in [3.8, 4) is 0 Å². The van der Waals surface area contributed by atoms with Crippen LogP contribution in [0.25, 0.3) is 0 Å². The third-order valence-corrected chi connectivity index (χ3v) is 4.44. The molecule has 0 radical (unpaired) electrons. The standard InChI is InChI=1S/C15H23N3O2S/c1-11-5-6-13(20-11)10-18(3)15-17-12(2)14(21-15)9-16-7-8-19-4/h5-6,16H,7-10H2,1-4H3. The molecule has 2 aromatic rings. The molecule has 6 heteroatoms. The van der Waals surface area contributed by atoms with Gasteiger partial charge in [0.2, 0.25) is 0 Å². The van der Waals surface area contributed by atoms with Crippen LogP contribution in [-0.2, 0) is 17.8 Å². The van der Waals surface area contributed by atoms with Crippen molar-refractivity contribution in [3.05, 3.63) is 34.2 Å². The van der Waals surface area contributed by atoms with E-state index in [9.17, 15) is 0 Å². The van der Waals surface area contributed by atoms with Crippen LogP contribution in [0.1, 0.15) is 22.1 Å². The topological polar surface area (TPSA) is 50.5 Å². The maximum Gasteiger partial charge on any atom is 0.185 e. The lowest BCUT2D eigenvalue weighted by atomic mass is 10.4. The Hall–Kier alpha value is -1.37. The fourth-order valence-corrected chi connectivity index (χ4v) is 2.98. The lowest BCUT2D eigenvalue weighted by Crippen LogP contribution is -2.18. The first-order valence-corrected chi connectivity index (χ1v) is 7.84. The Bertz CT molecular complexity index is 565. The minimum Gasteiger partial charge on any atom is -0.464 e. The quantitative estimate of drug-likeness (QED) is 0.760. The van der Waals surface area contributed by atoms with Crippen molar-refractivity contribution in [1.29, 1.82) is 0 Å². The number of furan rings is 1. The number of hydrogen-bond acceptors (Lipinski definition) is 6. The Morgan fingerprint density at radius 2 is 2.19 bits per heavy atom. The van der Waals surface area contributed by atoms with Crippen molar-refractivity contribution in [3.63, 3.8) is 0 Å². The highest BCUT2D eigenvalue weighted by Crippen LogP contribution is 2.26. The van der Waals surface area contributed by atoms with Crippen molar-refractivity contribution < 1.29 is 9.15 Å². The molecule has 21 heavy (non-hydrogen) atoms. The highest BCUT2D eigenvalue weighted by Gasteiger charge is 2.12. The number of aryl methyl sites for hydroxylation is 2. The smallest absolute Gasteiger partial charge is 0.185 e. The largest absolute Gasteiger partial charge is 0.464 e. The molecule has 0 aromatic carbocycles. The van der Waals surface area contributed by atoms with Gasteiger partial charge in [0.25, 0.3) is 0 Å². The van der Waals surface area contributed by atoms with Crippen LogP contribution in [0.2, 0.25) is 0 Å². The molecule has 5 nitrogen and oxygen atoms in total. The van der Waals surface area contributed by atoms with E-state index in [0.717, 1.165) is 48.6 Å². The molecule has 0 aliphatic carbocycles. The van der Waals surface area contributed by atoms with Gasteiger partial charge in [-0.15, -0.1) is 11.3 Å². The normalized spacial score (nSPS) is 11.0. The van der Waals surface area contributed by atoms with Gasteiger partial charge in [-0.05, 0) is 26.0 Å². The van der Waals surface area contributed by atoms with E-state index in [2.05, 4.69) is 22.1 Å². The Morgan fingerprint density at radius 1 is 1.38 bits per heavy atom. The van der Waals surface area contributed by atoms with Crippen LogP contribution >= 0.6 is 11.3 Å². The third kappa shape index (κ3) is 4.56. The van der Waals surface area contributed by atoms with Gasteiger partial charge in [0.05, 0.1) is 18.8 Å². The number of nitrogens with one attached hydrogen (secondary N) is 1. The maximum absolute atomic E-state index is 5.61. The summed E-state index contributed by atoms with van der Waals surface area (Å²) in [5.41, 5.74) is 1.09. The number of rotatable bonds is 8. The van der Waals surface area contributed by atoms with E-state index >= 15 is 0 Å². The number of methoxy groups -OCH3 is 1. The molecule has 2 heterocycles. The highest BCUT2D eigenvalue weighted by molar-refractivity contribution is 7.15. The summed E-state index contributed by atoms with van der Waals surface area (Å²) >= 11 is 1.72. The maximum atomic E-state index is 5.61. The van der Waals surface area contributed by atoms with Crippen LogP contribution in [0.15, 0.2) is 16.5 Å². The number of aromatic nitrogens is 1. The molecule has 0 aliphatic heterocycles. The van der Waals surface area contributed by atoms with E-state index in [1.54, 1.807) is 18.4 Å². The Morgan fingerprint density at radius 3 is 2.86 bits per heavy atom. The molecule has 0 spiro atoms. The van der Waals surface area contributed by atoms with Crippen LogP contribution in [0.3, 0.4) is 0 Å². The average molecular weight is 309 g/mol. The zero-order valence-electron chi connectivity index (χ0n) is 13.1. The summed E-state index contributed by atoms with van der Waals surface area (Å²) in [7, 11) is 3.75. The molecule has 0 unspecified atom stereocenters. The number of ether oxygens (including phenoxy) is 1. The number of hydrogen-bond donors (Lipinski definition) is 1. The zero-order valence-corrected chi connectivity index (χ0v) is 13.9. The van der Waals surface area contributed by atoms with Crippen molar-refractivity contribution >= 4 is 16.5 Å². The van der Waals surface area contributed by atoms with E-state index in [-0.39, 0.29) is 0 Å². The monoisotopic (exact) mass is 309 g/mol. The highest BCUT2D eigenvalue weighted by atomic mass is 32.1. The molecule has 0 amide bonds. The first kappa shape index (κ1) is 16.0. The van der Waals surface area contributed by atoms with E-state index in [1.165, 1.54) is 4.88 Å². The van der Waals surface area contributed by atoms with Gasteiger partial charge < -0.3 is 19.4 Å². The number of thiazole rings is 1. The van der Waals surface area contributed by atoms with E-state index in [1.807, 2.05) is 26.1 Å². The summed E-state index contributed by atoms with van der Waals surface area (Å²) < 4.78 is 10.6. The van der Waals surface area contributed by atoms with Gasteiger partial charge in [-0.1, -0.05) is 0 Å². The molecule has 1 N–H and O–H groups in total. The Balaban J connectivity index is 1.93. The summed E-state index contributed by atoms with van der Waals surface area (Å²) in [5, 5.41) is 4.38. The predicted octanol–water partition coefficient (Wildman–Crippen LogP) is 2.73. The summed E-state index contributed by atoms with van der Waals surface area (Å²) in [6, 6.07) is 4.00. The summed E-state index contributed by atoms with van der Waals surface area (Å²) in [4.78, 5) is 8.03. The van der Waals surface area contributed by atoms with Crippen LogP contribution in [0, 0.1) is 13.8 Å². The Labute approximate surface area is 129 Å². The molecule has 0 atom stereocenters. The fourth-order valence-electron chi connectivity index (χ4n) is 1.99. The van der Waals surface area contributed by atoms with Crippen molar-refractivity contribution in [2.75, 3.05) is 32.2 Å². The van der Waals surface area contributed by atoms with Crippen LogP contribution in [0.4, 0.5) is 5.13 Å². The second-order valence-corrected chi connectivity index (χ2v) is 6.11. The molecule has 2 aromatic heterocycles. The van der Waals surface area contributed by atoms with Gasteiger partial charge >= 0.3 is 0 Å². The summed E-state index contributed by atoms with van der Waals surface area (Å²) in [5.74, 6) is 1.90. The molecule has 0 saturated heterocycles. The first-order chi connectivity index (χ1) is 10.1. The second-order valence-electron chi connectivity index (χ2n) is 5.04.